The zero-order valence-corrected chi connectivity index (χ0v) is 14.5. The van der Waals surface area contributed by atoms with Gasteiger partial charge in [-0.3, -0.25) is 4.79 Å². The van der Waals surface area contributed by atoms with Gasteiger partial charge in [-0.15, -0.1) is 0 Å². The fraction of sp³-hybridized carbons (Fsp3) is 0.0526. The lowest BCUT2D eigenvalue weighted by molar-refractivity contribution is 0.474. The third-order valence-corrected chi connectivity index (χ3v) is 4.04. The van der Waals surface area contributed by atoms with Crippen LogP contribution in [0.15, 0.2) is 68.9 Å². The van der Waals surface area contributed by atoms with Crippen molar-refractivity contribution in [2.45, 2.75) is 6.92 Å². The lowest BCUT2D eigenvalue weighted by atomic mass is 10.0. The van der Waals surface area contributed by atoms with Gasteiger partial charge in [0, 0.05) is 27.5 Å². The molecule has 1 heterocycles. The molecule has 5 heteroatoms. The van der Waals surface area contributed by atoms with Crippen LogP contribution in [0.2, 0.25) is 0 Å². The molecule has 2 N–H and O–H groups in total. The molecule has 0 saturated carbocycles. The number of pyridine rings is 1. The van der Waals surface area contributed by atoms with Crippen LogP contribution in [0.25, 0.3) is 11.1 Å². The number of nitrogens with zero attached hydrogens (tertiary/aromatic N) is 1. The highest BCUT2D eigenvalue weighted by Crippen LogP contribution is 2.28. The molecule has 3 rings (SSSR count). The van der Waals surface area contributed by atoms with Crippen molar-refractivity contribution in [1.82, 2.24) is 4.98 Å². The Labute approximate surface area is 147 Å². The Morgan fingerprint density at radius 2 is 1.88 bits per heavy atom. The summed E-state index contributed by atoms with van der Waals surface area (Å²) in [5.41, 5.74) is 3.01. The number of phenolic OH excluding ortho intramolecular Hbond substituents is 1. The summed E-state index contributed by atoms with van der Waals surface area (Å²) in [6, 6.07) is 16.6. The molecule has 0 fully saturated rings. The van der Waals surface area contributed by atoms with Crippen LogP contribution in [0.1, 0.15) is 11.3 Å². The molecule has 0 saturated heterocycles. The number of H-pyrrole nitrogens is 1. The van der Waals surface area contributed by atoms with Gasteiger partial charge >= 0.3 is 0 Å². The van der Waals surface area contributed by atoms with Gasteiger partial charge in [-0.05, 0) is 36.8 Å². The van der Waals surface area contributed by atoms with Crippen LogP contribution >= 0.6 is 15.9 Å². The molecule has 0 amide bonds. The summed E-state index contributed by atoms with van der Waals surface area (Å²) in [6.45, 7) is 1.83. The molecule has 3 aromatic rings. The third-order valence-electron chi connectivity index (χ3n) is 3.55. The maximum absolute atomic E-state index is 12.4. The fourth-order valence-corrected chi connectivity index (χ4v) is 2.79. The highest BCUT2D eigenvalue weighted by molar-refractivity contribution is 9.10. The number of halogens is 1. The zero-order valence-electron chi connectivity index (χ0n) is 13.0. The minimum atomic E-state index is -0.264. The Kier molecular flexibility index (Phi) is 4.62. The molecule has 0 atom stereocenters. The fourth-order valence-electron chi connectivity index (χ4n) is 2.41. The van der Waals surface area contributed by atoms with E-state index in [0.29, 0.717) is 11.3 Å². The van der Waals surface area contributed by atoms with Crippen LogP contribution in [0.3, 0.4) is 0 Å². The minimum absolute atomic E-state index is 0.103. The number of aryl methyl sites for hydroxylation is 1. The molecule has 0 spiro atoms. The molecule has 4 nitrogen and oxygen atoms in total. The number of benzene rings is 2. The van der Waals surface area contributed by atoms with Crippen LogP contribution in [-0.2, 0) is 0 Å². The van der Waals surface area contributed by atoms with Gasteiger partial charge in [0.15, 0.2) is 0 Å². The van der Waals surface area contributed by atoms with E-state index in [2.05, 4.69) is 25.9 Å². The first-order chi connectivity index (χ1) is 11.5. The van der Waals surface area contributed by atoms with E-state index in [1.807, 2.05) is 43.3 Å². The molecule has 0 aliphatic carbocycles. The second kappa shape index (κ2) is 6.84. The molecule has 1 aromatic heterocycles. The molecule has 0 bridgehead atoms. The van der Waals surface area contributed by atoms with Crippen molar-refractivity contribution in [3.63, 3.8) is 0 Å². The lowest BCUT2D eigenvalue weighted by Gasteiger charge is -2.07. The van der Waals surface area contributed by atoms with Crippen molar-refractivity contribution < 1.29 is 5.11 Å². The van der Waals surface area contributed by atoms with Crippen LogP contribution in [0.4, 0.5) is 5.69 Å². The summed E-state index contributed by atoms with van der Waals surface area (Å²) in [7, 11) is 0. The molecule has 0 aliphatic heterocycles. The summed E-state index contributed by atoms with van der Waals surface area (Å²) in [5, 5.41) is 9.91. The number of hydrogen-bond donors (Lipinski definition) is 2. The van der Waals surface area contributed by atoms with Crippen molar-refractivity contribution in [2.75, 3.05) is 0 Å². The van der Waals surface area contributed by atoms with E-state index in [-0.39, 0.29) is 11.3 Å². The zero-order chi connectivity index (χ0) is 17.1. The van der Waals surface area contributed by atoms with Gasteiger partial charge in [-0.2, -0.15) is 0 Å². The van der Waals surface area contributed by atoms with E-state index in [4.69, 9.17) is 0 Å². The first kappa shape index (κ1) is 16.2. The van der Waals surface area contributed by atoms with E-state index in [1.54, 1.807) is 18.2 Å². The monoisotopic (exact) mass is 382 g/mol. The maximum atomic E-state index is 12.4. The van der Waals surface area contributed by atoms with Crippen molar-refractivity contribution in [2.24, 2.45) is 4.99 Å². The number of nitrogens with one attached hydrogen (secondary N) is 1. The summed E-state index contributed by atoms with van der Waals surface area (Å²) in [5.74, 6) is 0.103. The van der Waals surface area contributed by atoms with Crippen molar-refractivity contribution in [1.29, 1.82) is 0 Å². The van der Waals surface area contributed by atoms with Gasteiger partial charge in [0.2, 0.25) is 0 Å². The van der Waals surface area contributed by atoms with Gasteiger partial charge in [0.1, 0.15) is 11.4 Å². The molecule has 0 radical (unpaired) electrons. The van der Waals surface area contributed by atoms with Crippen LogP contribution in [0.5, 0.6) is 5.75 Å². The van der Waals surface area contributed by atoms with Crippen LogP contribution in [0, 0.1) is 6.92 Å². The predicted octanol–water partition coefficient (Wildman–Crippen LogP) is 4.57. The SMILES string of the molecule is Cc1cc(-c2ccccc2)c(N=Cc2cc(Br)ccc2O)c(=O)[nH]1. The number of rotatable bonds is 3. The van der Waals surface area contributed by atoms with Crippen molar-refractivity contribution in [3.8, 4) is 16.9 Å². The second-order valence-electron chi connectivity index (χ2n) is 5.37. The predicted molar refractivity (Wildman–Crippen MR) is 100 cm³/mol. The summed E-state index contributed by atoms with van der Waals surface area (Å²) in [4.78, 5) is 19.5. The number of hydrogen-bond acceptors (Lipinski definition) is 3. The molecular weight excluding hydrogens is 368 g/mol. The Balaban J connectivity index is 2.13. The van der Waals surface area contributed by atoms with Gasteiger partial charge in [0.05, 0.1) is 0 Å². The normalized spacial score (nSPS) is 11.1. The first-order valence-corrected chi connectivity index (χ1v) is 8.16. The smallest absolute Gasteiger partial charge is 0.274 e. The van der Waals surface area contributed by atoms with E-state index in [9.17, 15) is 9.90 Å². The quantitative estimate of drug-likeness (QED) is 0.651. The summed E-state index contributed by atoms with van der Waals surface area (Å²) >= 11 is 3.36. The Morgan fingerprint density at radius 3 is 2.62 bits per heavy atom. The highest BCUT2D eigenvalue weighted by Gasteiger charge is 2.09. The lowest BCUT2D eigenvalue weighted by Crippen LogP contribution is -2.08. The molecular formula is C19H15BrN2O2. The van der Waals surface area contributed by atoms with Gasteiger partial charge in [-0.25, -0.2) is 4.99 Å². The van der Waals surface area contributed by atoms with E-state index in [0.717, 1.165) is 21.3 Å². The Hall–Kier alpha value is -2.66. The number of aromatic nitrogens is 1. The molecule has 0 aliphatic rings. The van der Waals surface area contributed by atoms with Gasteiger partial charge in [0.25, 0.3) is 5.56 Å². The second-order valence-corrected chi connectivity index (χ2v) is 6.29. The first-order valence-electron chi connectivity index (χ1n) is 7.36. The Bertz CT molecular complexity index is 963. The van der Waals surface area contributed by atoms with E-state index < -0.39 is 0 Å². The minimum Gasteiger partial charge on any atom is -0.507 e. The molecule has 2 aromatic carbocycles. The third kappa shape index (κ3) is 3.46. The average Bonchev–Trinajstić information content (AvgIpc) is 2.57. The summed E-state index contributed by atoms with van der Waals surface area (Å²) in [6.07, 6.45) is 1.49. The van der Waals surface area contributed by atoms with Gasteiger partial charge in [-0.1, -0.05) is 46.3 Å². The topological polar surface area (TPSA) is 65.5 Å². The van der Waals surface area contributed by atoms with Crippen LogP contribution in [-0.4, -0.2) is 16.3 Å². The molecule has 120 valence electrons. The summed E-state index contributed by atoms with van der Waals surface area (Å²) < 4.78 is 0.822. The number of phenols is 1. The number of aliphatic imine (C=N–C) groups is 1. The van der Waals surface area contributed by atoms with Crippen molar-refractivity contribution >= 4 is 27.8 Å². The van der Waals surface area contributed by atoms with Crippen LogP contribution < -0.4 is 5.56 Å². The highest BCUT2D eigenvalue weighted by atomic mass is 79.9. The molecule has 24 heavy (non-hydrogen) atoms. The standard InChI is InChI=1S/C19H15BrN2O2/c1-12-9-16(13-5-3-2-4-6-13)18(19(24)22-12)21-11-14-10-15(20)7-8-17(14)23/h2-11,23H,1H3,(H,22,24). The van der Waals surface area contributed by atoms with Gasteiger partial charge < -0.3 is 10.1 Å². The average molecular weight is 383 g/mol. The molecule has 0 unspecified atom stereocenters. The maximum Gasteiger partial charge on any atom is 0.274 e. The van der Waals surface area contributed by atoms with E-state index >= 15 is 0 Å². The Morgan fingerprint density at radius 1 is 1.12 bits per heavy atom. The number of aromatic amines is 1. The van der Waals surface area contributed by atoms with E-state index in [1.165, 1.54) is 6.21 Å². The largest absolute Gasteiger partial charge is 0.507 e. The van der Waals surface area contributed by atoms with Crippen molar-refractivity contribution in [3.05, 3.63) is 80.7 Å². The number of aromatic hydroxyl groups is 1.